The summed E-state index contributed by atoms with van der Waals surface area (Å²) in [4.78, 5) is 38.3. The molecular weight excluding hydrogens is 520 g/mol. The second-order valence-electron chi connectivity index (χ2n) is 8.60. The van der Waals surface area contributed by atoms with Gasteiger partial charge >= 0.3 is 5.97 Å². The van der Waals surface area contributed by atoms with Crippen LogP contribution in [0.25, 0.3) is 23.0 Å². The van der Waals surface area contributed by atoms with Gasteiger partial charge in [-0.1, -0.05) is 41.9 Å². The molecule has 39 heavy (non-hydrogen) atoms. The summed E-state index contributed by atoms with van der Waals surface area (Å²) >= 11 is 6.09. The molecule has 1 aliphatic rings. The van der Waals surface area contributed by atoms with E-state index in [1.54, 1.807) is 36.0 Å². The van der Waals surface area contributed by atoms with E-state index in [4.69, 9.17) is 26.2 Å². The number of aromatic nitrogens is 2. The summed E-state index contributed by atoms with van der Waals surface area (Å²) in [6.45, 7) is 2.99. The molecule has 4 rings (SSSR count). The average molecular weight is 545 g/mol. The number of carbonyl (C=O) groups is 3. The molecule has 1 aromatic heterocycles. The highest BCUT2D eigenvalue weighted by atomic mass is 35.5. The number of para-hydroxylation sites is 1. The van der Waals surface area contributed by atoms with Crippen molar-refractivity contribution in [3.63, 3.8) is 0 Å². The van der Waals surface area contributed by atoms with Crippen LogP contribution in [0.5, 0.6) is 0 Å². The summed E-state index contributed by atoms with van der Waals surface area (Å²) in [5.41, 5.74) is 3.18. The van der Waals surface area contributed by atoms with Crippen LogP contribution in [-0.4, -0.2) is 58.8 Å². The zero-order chi connectivity index (χ0) is 27.9. The van der Waals surface area contributed by atoms with Gasteiger partial charge in [0.2, 0.25) is 0 Å². The Morgan fingerprint density at radius 3 is 2.44 bits per heavy atom. The molecule has 0 saturated heterocycles. The third-order valence-electron chi connectivity index (χ3n) is 6.00. The quantitative estimate of drug-likeness (QED) is 0.170. The van der Waals surface area contributed by atoms with Crippen LogP contribution in [0.4, 0.5) is 0 Å². The molecule has 2 aromatic carbocycles. The van der Waals surface area contributed by atoms with Crippen LogP contribution in [-0.2, 0) is 23.9 Å². The number of hydrogen-bond acceptors (Lipinski definition) is 7. The third-order valence-corrected chi connectivity index (χ3v) is 6.25. The van der Waals surface area contributed by atoms with Gasteiger partial charge in [0, 0.05) is 34.8 Å². The molecule has 0 radical (unpaired) electrons. The van der Waals surface area contributed by atoms with Crippen LogP contribution in [0.1, 0.15) is 19.4 Å². The zero-order valence-corrected chi connectivity index (χ0v) is 22.1. The van der Waals surface area contributed by atoms with Gasteiger partial charge in [-0.3, -0.25) is 19.3 Å². The van der Waals surface area contributed by atoms with Gasteiger partial charge in [-0.2, -0.15) is 10.4 Å². The molecule has 0 aliphatic carbocycles. The van der Waals surface area contributed by atoms with E-state index in [-0.39, 0.29) is 43.1 Å². The van der Waals surface area contributed by atoms with Gasteiger partial charge in [-0.15, -0.1) is 0 Å². The lowest BCUT2D eigenvalue weighted by molar-refractivity contribution is -0.142. The summed E-state index contributed by atoms with van der Waals surface area (Å²) < 4.78 is 11.9. The minimum Gasteiger partial charge on any atom is -0.463 e. The third kappa shape index (κ3) is 6.32. The average Bonchev–Trinajstić information content (AvgIpc) is 3.35. The lowest BCUT2D eigenvalue weighted by Crippen LogP contribution is -2.44. The van der Waals surface area contributed by atoms with Crippen LogP contribution in [0.2, 0.25) is 5.02 Å². The monoisotopic (exact) mass is 544 g/mol. The number of nitrogens with zero attached hydrogens (tertiary/aromatic N) is 4. The maximum atomic E-state index is 13.5. The predicted octanol–water partition coefficient (Wildman–Crippen LogP) is 4.36. The first-order valence-electron chi connectivity index (χ1n) is 12.1. The molecule has 0 bridgehead atoms. The van der Waals surface area contributed by atoms with Crippen molar-refractivity contribution in [3.05, 3.63) is 88.1 Å². The second-order valence-corrected chi connectivity index (χ2v) is 9.04. The highest BCUT2D eigenvalue weighted by molar-refractivity contribution is 6.30. The van der Waals surface area contributed by atoms with E-state index < -0.39 is 17.8 Å². The van der Waals surface area contributed by atoms with Gasteiger partial charge in [-0.05, 0) is 42.8 Å². The van der Waals surface area contributed by atoms with Gasteiger partial charge in [-0.25, -0.2) is 4.68 Å². The molecule has 9 nitrogen and oxygen atoms in total. The number of hydrogen-bond donors (Lipinski definition) is 0. The Hall–Kier alpha value is -4.52. The molecular formula is C29H25ClN4O5. The van der Waals surface area contributed by atoms with E-state index in [1.165, 1.54) is 6.92 Å². The van der Waals surface area contributed by atoms with Crippen molar-refractivity contribution < 1.29 is 23.9 Å². The second kappa shape index (κ2) is 12.3. The van der Waals surface area contributed by atoms with Crippen molar-refractivity contribution in [2.45, 2.75) is 13.8 Å². The number of nitriles is 1. The molecule has 0 saturated carbocycles. The topological polar surface area (TPSA) is 115 Å². The smallest absolute Gasteiger partial charge is 0.302 e. The van der Waals surface area contributed by atoms with Gasteiger partial charge in [0.15, 0.2) is 0 Å². The Morgan fingerprint density at radius 1 is 1.05 bits per heavy atom. The number of amides is 2. The first-order chi connectivity index (χ1) is 18.8. The number of halogens is 1. The first-order valence-corrected chi connectivity index (χ1v) is 12.5. The summed E-state index contributed by atoms with van der Waals surface area (Å²) in [7, 11) is 0. The van der Waals surface area contributed by atoms with Crippen molar-refractivity contribution in [2.24, 2.45) is 0 Å². The largest absolute Gasteiger partial charge is 0.463 e. The fourth-order valence-corrected chi connectivity index (χ4v) is 4.15. The van der Waals surface area contributed by atoms with Crippen LogP contribution in [0, 0.1) is 11.3 Å². The molecule has 0 N–H and O–H groups in total. The molecule has 0 unspecified atom stereocenters. The number of ether oxygens (including phenoxy) is 2. The Labute approximate surface area is 230 Å². The molecule has 2 heterocycles. The Morgan fingerprint density at radius 2 is 1.77 bits per heavy atom. The lowest BCUT2D eigenvalue weighted by atomic mass is 9.93. The summed E-state index contributed by atoms with van der Waals surface area (Å²) in [6, 6.07) is 18.6. The van der Waals surface area contributed by atoms with Gasteiger partial charge in [0.1, 0.15) is 18.2 Å². The molecule has 2 amide bonds. The van der Waals surface area contributed by atoms with Crippen LogP contribution < -0.4 is 0 Å². The zero-order valence-electron chi connectivity index (χ0n) is 21.4. The molecule has 10 heteroatoms. The van der Waals surface area contributed by atoms with Crippen LogP contribution in [0.15, 0.2) is 77.5 Å². The van der Waals surface area contributed by atoms with Crippen LogP contribution in [0.3, 0.4) is 0 Å². The first kappa shape index (κ1) is 27.5. The fraction of sp³-hybridized carbons (Fsp3) is 0.207. The lowest BCUT2D eigenvalue weighted by Gasteiger charge is -2.27. The van der Waals surface area contributed by atoms with Crippen molar-refractivity contribution in [1.82, 2.24) is 14.7 Å². The Balaban J connectivity index is 1.70. The Kier molecular flexibility index (Phi) is 8.71. The van der Waals surface area contributed by atoms with Gasteiger partial charge < -0.3 is 9.47 Å². The van der Waals surface area contributed by atoms with Crippen LogP contribution >= 0.6 is 11.6 Å². The van der Waals surface area contributed by atoms with E-state index in [0.29, 0.717) is 16.3 Å². The maximum absolute atomic E-state index is 13.5. The molecule has 0 spiro atoms. The molecule has 3 aromatic rings. The van der Waals surface area contributed by atoms with E-state index in [0.717, 1.165) is 16.2 Å². The van der Waals surface area contributed by atoms with Crippen molar-refractivity contribution in [1.29, 1.82) is 5.26 Å². The standard InChI is InChI=1S/C29H25ClN4O5/c1-19-25(28(36)33(29(37)26(19)17-31)12-13-38-14-15-39-20(2)35)16-22-18-34(24-6-4-3-5-7-24)32-27(22)21-8-10-23(30)11-9-21/h3-11,16,18H,12-15H2,1-2H3/b25-16+. The maximum Gasteiger partial charge on any atom is 0.302 e. The minimum absolute atomic E-state index is 0.0196. The van der Waals surface area contributed by atoms with Crippen molar-refractivity contribution >= 4 is 35.5 Å². The number of rotatable bonds is 9. The van der Waals surface area contributed by atoms with Crippen molar-refractivity contribution in [2.75, 3.05) is 26.4 Å². The molecule has 0 atom stereocenters. The Bertz CT molecular complexity index is 1500. The number of imide groups is 1. The van der Waals surface area contributed by atoms with E-state index in [1.807, 2.05) is 48.5 Å². The van der Waals surface area contributed by atoms with Gasteiger partial charge in [0.25, 0.3) is 11.8 Å². The van der Waals surface area contributed by atoms with E-state index in [9.17, 15) is 19.6 Å². The van der Waals surface area contributed by atoms with Crippen molar-refractivity contribution in [3.8, 4) is 23.0 Å². The van der Waals surface area contributed by atoms with E-state index >= 15 is 0 Å². The molecule has 1 aliphatic heterocycles. The normalized spacial score (nSPS) is 14.6. The minimum atomic E-state index is -0.682. The van der Waals surface area contributed by atoms with Gasteiger partial charge in [0.05, 0.1) is 31.1 Å². The van der Waals surface area contributed by atoms with E-state index in [2.05, 4.69) is 0 Å². The predicted molar refractivity (Wildman–Crippen MR) is 144 cm³/mol. The highest BCUT2D eigenvalue weighted by Gasteiger charge is 2.35. The number of esters is 1. The summed E-state index contributed by atoms with van der Waals surface area (Å²) in [5.74, 6) is -1.66. The molecule has 0 fully saturated rings. The SMILES string of the molecule is CC(=O)OCCOCCN1C(=O)C(C#N)=C(C)/C(=C\c2cn(-c3ccccc3)nc2-c2ccc(Cl)cc2)C1=O. The number of benzene rings is 2. The molecule has 198 valence electrons. The summed E-state index contributed by atoms with van der Waals surface area (Å²) in [5, 5.41) is 15.1. The fourth-order valence-electron chi connectivity index (χ4n) is 4.03. The summed E-state index contributed by atoms with van der Waals surface area (Å²) in [6.07, 6.45) is 3.43. The highest BCUT2D eigenvalue weighted by Crippen LogP contribution is 2.31. The number of carbonyl (C=O) groups excluding carboxylic acids is 3.